The molecule has 0 spiro atoms. The predicted molar refractivity (Wildman–Crippen MR) is 125 cm³/mol. The Morgan fingerprint density at radius 3 is 2.50 bits per heavy atom. The van der Waals surface area contributed by atoms with Crippen LogP contribution in [0.2, 0.25) is 0 Å². The van der Waals surface area contributed by atoms with Crippen LogP contribution in [-0.4, -0.2) is 62.2 Å². The maximum absolute atomic E-state index is 13.5. The zero-order valence-electron chi connectivity index (χ0n) is 19.4. The number of hydrogen-bond acceptors (Lipinski definition) is 7. The first-order valence-corrected chi connectivity index (χ1v) is 13.5. The molecule has 2 aromatic rings. The van der Waals surface area contributed by atoms with Crippen LogP contribution in [0.3, 0.4) is 0 Å². The first kappa shape index (κ1) is 23.5. The number of piperidine rings is 1. The van der Waals surface area contributed by atoms with Gasteiger partial charge in [0.2, 0.25) is 10.0 Å². The molecule has 2 saturated heterocycles. The summed E-state index contributed by atoms with van der Waals surface area (Å²) in [5.74, 6) is 0.938. The van der Waals surface area contributed by atoms with Gasteiger partial charge >= 0.3 is 0 Å². The molecule has 9 nitrogen and oxygen atoms in total. The fourth-order valence-electron chi connectivity index (χ4n) is 5.17. The lowest BCUT2D eigenvalue weighted by Crippen LogP contribution is -2.52. The Hall–Kier alpha value is -2.27. The molecule has 1 aliphatic carbocycles. The lowest BCUT2D eigenvalue weighted by Gasteiger charge is -2.38. The number of aromatic nitrogens is 1. The van der Waals surface area contributed by atoms with Crippen molar-refractivity contribution in [2.75, 3.05) is 20.3 Å². The number of carbonyl (C=O) groups is 1. The van der Waals surface area contributed by atoms with Crippen LogP contribution < -0.4 is 10.6 Å². The van der Waals surface area contributed by atoms with Crippen LogP contribution in [0.1, 0.15) is 66.3 Å². The molecule has 0 radical (unpaired) electrons. The number of carbonyl (C=O) groups excluding carboxylic acids is 1. The largest absolute Gasteiger partial charge is 0.383 e. The van der Waals surface area contributed by atoms with Crippen molar-refractivity contribution in [3.63, 3.8) is 0 Å². The Morgan fingerprint density at radius 1 is 1.15 bits per heavy atom. The minimum Gasteiger partial charge on any atom is -0.383 e. The Balaban J connectivity index is 1.20. The molecular formula is C24H32N4O5S. The number of sulfonamides is 1. The highest BCUT2D eigenvalue weighted by Gasteiger charge is 2.47. The monoisotopic (exact) mass is 488 g/mol. The highest BCUT2D eigenvalue weighted by Crippen LogP contribution is 2.41. The molecule has 3 aliphatic rings. The number of fused-ring (bicyclic) bond motifs is 2. The van der Waals surface area contributed by atoms with Gasteiger partial charge in [-0.3, -0.25) is 4.79 Å². The van der Waals surface area contributed by atoms with Gasteiger partial charge in [0.15, 0.2) is 5.69 Å². The van der Waals surface area contributed by atoms with Crippen molar-refractivity contribution in [3.05, 3.63) is 47.3 Å². The summed E-state index contributed by atoms with van der Waals surface area (Å²) >= 11 is 0. The first-order chi connectivity index (χ1) is 16.5. The number of hydrogen-bond donors (Lipinski definition) is 2. The van der Waals surface area contributed by atoms with E-state index in [1.54, 1.807) is 29.6 Å². The maximum Gasteiger partial charge on any atom is 0.273 e. The summed E-state index contributed by atoms with van der Waals surface area (Å²) in [6, 6.07) is 8.55. The van der Waals surface area contributed by atoms with Gasteiger partial charge in [-0.15, -0.1) is 0 Å². The number of nitrogens with zero attached hydrogens (tertiary/aromatic N) is 2. The summed E-state index contributed by atoms with van der Waals surface area (Å²) in [6.07, 6.45) is 5.01. The minimum absolute atomic E-state index is 0.0712. The van der Waals surface area contributed by atoms with E-state index >= 15 is 0 Å². The van der Waals surface area contributed by atoms with Crippen LogP contribution in [0.5, 0.6) is 0 Å². The SMILES string of the molecule is COCCNCc1ccc(S(=O)(=O)N2[C@@H]3CC[C@H]2C[C@@H](NC(=O)c2cc(C4CC4)on2)C3)cc1. The number of ether oxygens (including phenoxy) is 1. The summed E-state index contributed by atoms with van der Waals surface area (Å²) in [5, 5.41) is 10.2. The second-order valence-electron chi connectivity index (χ2n) is 9.56. The summed E-state index contributed by atoms with van der Waals surface area (Å²) in [4.78, 5) is 13.0. The third-order valence-electron chi connectivity index (χ3n) is 7.05. The van der Waals surface area contributed by atoms with Gasteiger partial charge in [0.05, 0.1) is 11.5 Å². The number of benzene rings is 1. The van der Waals surface area contributed by atoms with E-state index in [2.05, 4.69) is 15.8 Å². The zero-order valence-corrected chi connectivity index (χ0v) is 20.2. The molecule has 5 rings (SSSR count). The van der Waals surface area contributed by atoms with Crippen molar-refractivity contribution in [1.29, 1.82) is 0 Å². The van der Waals surface area contributed by atoms with E-state index in [0.717, 1.165) is 43.6 Å². The van der Waals surface area contributed by atoms with Crippen molar-refractivity contribution in [3.8, 4) is 0 Å². The average molecular weight is 489 g/mol. The summed E-state index contributed by atoms with van der Waals surface area (Å²) < 4.78 is 38.9. The molecule has 184 valence electrons. The third kappa shape index (κ3) is 4.91. The first-order valence-electron chi connectivity index (χ1n) is 12.1. The molecule has 1 aromatic heterocycles. The Morgan fingerprint density at radius 2 is 1.85 bits per heavy atom. The molecule has 3 fully saturated rings. The topological polar surface area (TPSA) is 114 Å². The van der Waals surface area contributed by atoms with Crippen molar-refractivity contribution >= 4 is 15.9 Å². The summed E-state index contributed by atoms with van der Waals surface area (Å²) in [5.41, 5.74) is 1.33. The average Bonchev–Trinajstić information content (AvgIpc) is 3.48. The molecule has 10 heteroatoms. The number of methoxy groups -OCH3 is 1. The molecule has 2 N–H and O–H groups in total. The van der Waals surface area contributed by atoms with E-state index in [1.165, 1.54) is 0 Å². The zero-order chi connectivity index (χ0) is 23.7. The van der Waals surface area contributed by atoms with Gasteiger partial charge in [-0.2, -0.15) is 4.31 Å². The van der Waals surface area contributed by atoms with Gasteiger partial charge in [0, 0.05) is 50.3 Å². The van der Waals surface area contributed by atoms with Gasteiger partial charge in [-0.05, 0) is 56.2 Å². The van der Waals surface area contributed by atoms with Crippen LogP contribution in [0, 0.1) is 0 Å². The van der Waals surface area contributed by atoms with Crippen LogP contribution in [0.15, 0.2) is 39.8 Å². The molecule has 2 aliphatic heterocycles. The molecule has 1 amide bonds. The molecule has 1 saturated carbocycles. The van der Waals surface area contributed by atoms with Gasteiger partial charge < -0.3 is 19.9 Å². The lowest BCUT2D eigenvalue weighted by atomic mass is 9.99. The quantitative estimate of drug-likeness (QED) is 0.494. The van der Waals surface area contributed by atoms with Gasteiger partial charge in [0.25, 0.3) is 5.91 Å². The molecule has 3 atom stereocenters. The third-order valence-corrected chi connectivity index (χ3v) is 9.07. The highest BCUT2D eigenvalue weighted by molar-refractivity contribution is 7.89. The Bertz CT molecular complexity index is 1100. The predicted octanol–water partition coefficient (Wildman–Crippen LogP) is 2.40. The van der Waals surface area contributed by atoms with E-state index in [-0.39, 0.29) is 24.0 Å². The molecule has 2 bridgehead atoms. The van der Waals surface area contributed by atoms with Crippen LogP contribution in [0.25, 0.3) is 0 Å². The van der Waals surface area contributed by atoms with Gasteiger partial charge in [-0.25, -0.2) is 8.42 Å². The van der Waals surface area contributed by atoms with E-state index in [9.17, 15) is 13.2 Å². The van der Waals surface area contributed by atoms with Crippen LogP contribution in [-0.2, 0) is 21.3 Å². The second-order valence-corrected chi connectivity index (χ2v) is 11.4. The number of rotatable bonds is 10. The molecule has 1 aromatic carbocycles. The van der Waals surface area contributed by atoms with E-state index in [1.807, 2.05) is 12.1 Å². The van der Waals surface area contributed by atoms with E-state index in [0.29, 0.717) is 42.5 Å². The van der Waals surface area contributed by atoms with Crippen molar-refractivity contribution < 1.29 is 22.5 Å². The number of amides is 1. The molecule has 0 unspecified atom stereocenters. The lowest BCUT2D eigenvalue weighted by molar-refractivity contribution is 0.0900. The molecular weight excluding hydrogens is 456 g/mol. The number of nitrogens with one attached hydrogen (secondary N) is 2. The summed E-state index contributed by atoms with van der Waals surface area (Å²) in [7, 11) is -1.94. The van der Waals surface area contributed by atoms with Gasteiger partial charge in [-0.1, -0.05) is 17.3 Å². The van der Waals surface area contributed by atoms with Crippen molar-refractivity contribution in [2.45, 2.75) is 74.0 Å². The van der Waals surface area contributed by atoms with Gasteiger partial charge in [0.1, 0.15) is 5.76 Å². The highest BCUT2D eigenvalue weighted by atomic mass is 32.2. The Labute approximate surface area is 200 Å². The van der Waals surface area contributed by atoms with E-state index < -0.39 is 10.0 Å². The fraction of sp³-hybridized carbons (Fsp3) is 0.583. The standard InChI is InChI=1S/C24H32N4O5S/c1-32-11-10-25-15-16-2-8-21(9-3-16)34(30,31)28-19-6-7-20(28)13-18(12-19)26-24(29)22-14-23(33-27-22)17-4-5-17/h2-3,8-9,14,17-20,25H,4-7,10-13,15H2,1H3,(H,26,29)/t18-,19+,20-. The Kier molecular flexibility index (Phi) is 6.74. The minimum atomic E-state index is -3.59. The summed E-state index contributed by atoms with van der Waals surface area (Å²) in [6.45, 7) is 2.03. The van der Waals surface area contributed by atoms with Crippen molar-refractivity contribution in [2.24, 2.45) is 0 Å². The fourth-order valence-corrected chi connectivity index (χ4v) is 7.06. The van der Waals surface area contributed by atoms with Crippen LogP contribution >= 0.6 is 0 Å². The second kappa shape index (κ2) is 9.77. The van der Waals surface area contributed by atoms with E-state index in [4.69, 9.17) is 9.26 Å². The van der Waals surface area contributed by atoms with Crippen LogP contribution in [0.4, 0.5) is 0 Å². The van der Waals surface area contributed by atoms with Crippen molar-refractivity contribution in [1.82, 2.24) is 20.1 Å². The smallest absolute Gasteiger partial charge is 0.273 e. The normalized spacial score (nSPS) is 24.9. The molecule has 34 heavy (non-hydrogen) atoms. The maximum atomic E-state index is 13.5. The molecule has 3 heterocycles.